The van der Waals surface area contributed by atoms with E-state index in [1.54, 1.807) is 18.2 Å². The first-order valence-electron chi connectivity index (χ1n) is 17.1. The molecule has 1 amide bonds. The lowest BCUT2D eigenvalue weighted by molar-refractivity contribution is -0.120. The third-order valence-electron chi connectivity index (χ3n) is 8.84. The zero-order chi connectivity index (χ0) is 33.2. The molecule has 3 aromatic rings. The molecule has 0 spiro atoms. The Bertz CT molecular complexity index is 1590. The van der Waals surface area contributed by atoms with E-state index in [9.17, 15) is 18.3 Å². The van der Waals surface area contributed by atoms with Crippen LogP contribution in [0.3, 0.4) is 0 Å². The molecule has 5 rings (SSSR count). The summed E-state index contributed by atoms with van der Waals surface area (Å²) in [6.07, 6.45) is 11.6. The fourth-order valence-corrected chi connectivity index (χ4v) is 7.11. The van der Waals surface area contributed by atoms with Crippen molar-refractivity contribution in [2.75, 3.05) is 51.3 Å². The van der Waals surface area contributed by atoms with Gasteiger partial charge in [-0.2, -0.15) is 15.0 Å². The molecule has 2 saturated heterocycles. The second-order valence-corrected chi connectivity index (χ2v) is 14.1. The Morgan fingerprint density at radius 3 is 1.85 bits per heavy atom. The van der Waals surface area contributed by atoms with Crippen LogP contribution in [0.1, 0.15) is 90.2 Å². The number of benzene rings is 2. The van der Waals surface area contributed by atoms with Crippen LogP contribution in [0.2, 0.25) is 0 Å². The summed E-state index contributed by atoms with van der Waals surface area (Å²) in [5, 5.41) is 16.9. The summed E-state index contributed by atoms with van der Waals surface area (Å²) in [5.74, 6) is 1.26. The molecule has 0 bridgehead atoms. The molecule has 0 saturated carbocycles. The number of rotatable bonds is 14. The highest BCUT2D eigenvalue weighted by atomic mass is 35.5. The molecule has 1 atom stereocenters. The largest absolute Gasteiger partial charge is 0.506 e. The van der Waals surface area contributed by atoms with Crippen molar-refractivity contribution in [2.45, 2.75) is 89.4 Å². The van der Waals surface area contributed by atoms with E-state index in [1.807, 2.05) is 6.92 Å². The van der Waals surface area contributed by atoms with Crippen molar-refractivity contribution in [3.63, 3.8) is 0 Å². The first-order valence-corrected chi connectivity index (χ1v) is 18.5. The Labute approximate surface area is 321 Å². The van der Waals surface area contributed by atoms with Crippen molar-refractivity contribution in [1.82, 2.24) is 39.6 Å². The van der Waals surface area contributed by atoms with Gasteiger partial charge in [0.15, 0.2) is 0 Å². The molecule has 302 valence electrons. The SMILES string of the molecule is CCCCCC(CC)C(=O)Nc1ccc(S(=O)(=O)Nc2ccc(Nc3nc(N4CCCCC4)nc(N4CCCCC4)n3)cc2O)cc1.Cl.N.N.N.N.[HH].[HH].[HH].[HH]. The van der Waals surface area contributed by atoms with Gasteiger partial charge in [-0.1, -0.05) is 33.1 Å². The number of anilines is 6. The predicted octanol–water partition coefficient (Wildman–Crippen LogP) is 8.70. The Morgan fingerprint density at radius 1 is 0.808 bits per heavy atom. The molecule has 18 heteroatoms. The molecule has 0 aliphatic carbocycles. The van der Waals surface area contributed by atoms with Gasteiger partial charge in [0.05, 0.1) is 10.6 Å². The smallest absolute Gasteiger partial charge is 0.262 e. The number of piperidine rings is 2. The maximum Gasteiger partial charge on any atom is 0.262 e. The number of carbonyl (C=O) groups is 1. The Kier molecular flexibility index (Phi) is 21.1. The Balaban J connectivity index is -0.000000963. The minimum Gasteiger partial charge on any atom is -0.506 e. The van der Waals surface area contributed by atoms with Gasteiger partial charge in [-0.15, -0.1) is 12.4 Å². The monoisotopic (exact) mass is 776 g/mol. The molecular formula is C34H69ClN12O4S. The van der Waals surface area contributed by atoms with Crippen LogP contribution in [0, 0.1) is 5.92 Å². The molecule has 1 unspecified atom stereocenters. The van der Waals surface area contributed by atoms with E-state index < -0.39 is 10.0 Å². The third kappa shape index (κ3) is 12.9. The third-order valence-corrected chi connectivity index (χ3v) is 10.2. The minimum absolute atomic E-state index is 0. The van der Waals surface area contributed by atoms with E-state index >= 15 is 0 Å². The van der Waals surface area contributed by atoms with Crippen molar-refractivity contribution in [2.24, 2.45) is 5.92 Å². The zero-order valence-electron chi connectivity index (χ0n) is 30.8. The van der Waals surface area contributed by atoms with Crippen LogP contribution in [0.15, 0.2) is 47.4 Å². The van der Waals surface area contributed by atoms with Gasteiger partial charge >= 0.3 is 0 Å². The van der Waals surface area contributed by atoms with Gasteiger partial charge in [-0.3, -0.25) is 9.52 Å². The standard InChI is InChI=1S/C34H48N8O4S.ClH.4H3N.4H2/c1-3-5-8-13-25(4-2)31(44)35-26-14-17-28(18-15-26)47(45,46)40-29-19-16-27(24-30(29)43)36-32-37-33(41-20-9-6-10-21-41)39-34(38-32)42-22-11-7-12-23-42;;;;;;;;;/h14-19,24-25,40,43H,3-13,20-23H2,1-2H3,(H,35,44)(H,36,37,38,39);1H;4*1H3;4*1H. The van der Waals surface area contributed by atoms with Crippen LogP contribution in [0.4, 0.5) is 34.9 Å². The molecule has 2 fully saturated rings. The van der Waals surface area contributed by atoms with Crippen LogP contribution in [-0.4, -0.2) is 60.6 Å². The number of aromatic hydroxyl groups is 1. The number of nitrogens with zero attached hydrogens (tertiary/aromatic N) is 5. The fourth-order valence-electron chi connectivity index (χ4n) is 6.03. The first-order chi connectivity index (χ1) is 22.8. The van der Waals surface area contributed by atoms with Crippen LogP contribution in [0.25, 0.3) is 0 Å². The number of unbranched alkanes of at least 4 members (excludes halogenated alkanes) is 2. The summed E-state index contributed by atoms with van der Waals surface area (Å²) in [6.45, 7) is 7.72. The topological polar surface area (TPSA) is 293 Å². The van der Waals surface area contributed by atoms with Gasteiger partial charge in [0.25, 0.3) is 10.0 Å². The summed E-state index contributed by atoms with van der Waals surface area (Å²) in [7, 11) is -4.01. The molecule has 1 aromatic heterocycles. The molecule has 2 aliphatic heterocycles. The lowest BCUT2D eigenvalue weighted by Crippen LogP contribution is -2.34. The van der Waals surface area contributed by atoms with Crippen LogP contribution < -0.4 is 49.8 Å². The molecule has 2 aliphatic rings. The Hall–Kier alpha value is -4.00. The Morgan fingerprint density at radius 2 is 1.35 bits per heavy atom. The fraction of sp³-hybridized carbons (Fsp3) is 0.529. The highest BCUT2D eigenvalue weighted by Gasteiger charge is 2.22. The van der Waals surface area contributed by atoms with E-state index in [4.69, 9.17) is 15.0 Å². The van der Waals surface area contributed by atoms with E-state index in [0.717, 1.165) is 84.0 Å². The van der Waals surface area contributed by atoms with E-state index in [-0.39, 0.29) is 70.9 Å². The number of halogens is 1. The molecule has 16 N–H and O–H groups in total. The number of aromatic nitrogens is 3. The van der Waals surface area contributed by atoms with Crippen LogP contribution in [-0.2, 0) is 14.8 Å². The number of carbonyl (C=O) groups excluding carboxylic acids is 1. The predicted molar refractivity (Wildman–Crippen MR) is 223 cm³/mol. The number of phenolic OH excluding ortho intramolecular Hbond substituents is 1. The lowest BCUT2D eigenvalue weighted by Gasteiger charge is -2.30. The van der Waals surface area contributed by atoms with Gasteiger partial charge in [0.1, 0.15) is 5.75 Å². The van der Waals surface area contributed by atoms with Crippen molar-refractivity contribution in [3.05, 3.63) is 42.5 Å². The highest BCUT2D eigenvalue weighted by molar-refractivity contribution is 7.92. The van der Waals surface area contributed by atoms with Crippen molar-refractivity contribution < 1.29 is 24.0 Å². The summed E-state index contributed by atoms with van der Waals surface area (Å²) >= 11 is 0. The van der Waals surface area contributed by atoms with E-state index in [1.165, 1.54) is 37.1 Å². The molecule has 16 nitrogen and oxygen atoms in total. The second kappa shape index (κ2) is 22.8. The molecule has 52 heavy (non-hydrogen) atoms. The van der Waals surface area contributed by atoms with Crippen molar-refractivity contribution >= 4 is 63.2 Å². The van der Waals surface area contributed by atoms with Crippen molar-refractivity contribution in [1.29, 1.82) is 0 Å². The van der Waals surface area contributed by atoms with Gasteiger partial charge in [-0.25, -0.2) is 8.42 Å². The van der Waals surface area contributed by atoms with Gasteiger partial charge in [0.2, 0.25) is 23.8 Å². The van der Waals surface area contributed by atoms with E-state index in [2.05, 4.69) is 32.1 Å². The molecule has 3 heterocycles. The number of sulfonamides is 1. The van der Waals surface area contributed by atoms with Gasteiger partial charge in [0, 0.05) is 55.2 Å². The minimum atomic E-state index is -4.01. The average molecular weight is 778 g/mol. The first kappa shape index (κ1) is 48.0. The molecule has 2 aromatic carbocycles. The number of hydrogen-bond acceptors (Lipinski definition) is 14. The number of phenols is 1. The quantitative estimate of drug-likeness (QED) is 0.0561. The lowest BCUT2D eigenvalue weighted by atomic mass is 9.97. The van der Waals surface area contributed by atoms with Gasteiger partial charge < -0.3 is 50.1 Å². The number of hydrogen-bond donors (Lipinski definition) is 8. The molecule has 0 radical (unpaired) electrons. The molecular weight excluding hydrogens is 708 g/mol. The van der Waals surface area contributed by atoms with Gasteiger partial charge in [-0.05, 0) is 87.8 Å². The summed E-state index contributed by atoms with van der Waals surface area (Å²) in [5.41, 5.74) is 1.07. The maximum atomic E-state index is 13.2. The average Bonchev–Trinajstić information content (AvgIpc) is 3.09. The second-order valence-electron chi connectivity index (χ2n) is 12.4. The van der Waals surface area contributed by atoms with Crippen LogP contribution >= 0.6 is 12.4 Å². The number of nitrogens with one attached hydrogen (secondary N) is 3. The summed E-state index contributed by atoms with van der Waals surface area (Å²) < 4.78 is 28.8. The van der Waals surface area contributed by atoms with Crippen molar-refractivity contribution in [3.8, 4) is 5.75 Å². The highest BCUT2D eigenvalue weighted by Crippen LogP contribution is 2.31. The maximum absolute atomic E-state index is 13.2. The zero-order valence-corrected chi connectivity index (χ0v) is 32.4. The van der Waals surface area contributed by atoms with E-state index in [0.29, 0.717) is 29.2 Å². The number of amides is 1. The summed E-state index contributed by atoms with van der Waals surface area (Å²) in [4.78, 5) is 31.3. The van der Waals surface area contributed by atoms with Crippen LogP contribution in [0.5, 0.6) is 5.75 Å². The normalized spacial score (nSPS) is 14.5. The summed E-state index contributed by atoms with van der Waals surface area (Å²) in [6, 6.07) is 10.6.